The highest BCUT2D eigenvalue weighted by Gasteiger charge is 2.00. The van der Waals surface area contributed by atoms with Crippen molar-refractivity contribution in [3.63, 3.8) is 0 Å². The van der Waals surface area contributed by atoms with Crippen LogP contribution in [0.15, 0.2) is 25.3 Å². The number of hydrogen-bond donors (Lipinski definition) is 1. The monoisotopic (exact) mass is 203 g/mol. The Balaban J connectivity index is 0.000000244. The molecule has 2 aromatic heterocycles. The van der Waals surface area contributed by atoms with Gasteiger partial charge in [-0.15, -0.1) is 0 Å². The molecular weight excluding hydrogens is 194 g/mol. The maximum Gasteiger partial charge on any atom is 0.200 e. The highest BCUT2D eigenvalue weighted by atomic mass is 15.1. The summed E-state index contributed by atoms with van der Waals surface area (Å²) in [4.78, 5) is 22.9. The fourth-order valence-electron chi connectivity index (χ4n) is 0.709. The molecule has 3 heterocycles. The Morgan fingerprint density at radius 3 is 1.33 bits per heavy atom. The summed E-state index contributed by atoms with van der Waals surface area (Å²) in [5.41, 5.74) is 0. The number of rotatable bonds is 1. The maximum absolute atomic E-state index is 3.87. The van der Waals surface area contributed by atoms with Gasteiger partial charge in [0.1, 0.15) is 25.3 Å². The first-order valence-corrected chi connectivity index (χ1v) is 4.42. The summed E-state index contributed by atoms with van der Waals surface area (Å²) in [6, 6.07) is 0. The zero-order chi connectivity index (χ0) is 10.3. The van der Waals surface area contributed by atoms with Gasteiger partial charge in [0, 0.05) is 13.1 Å². The Kier molecular flexibility index (Phi) is 3.18. The molecule has 0 aromatic carbocycles. The summed E-state index contributed by atoms with van der Waals surface area (Å²) in [5.74, 6) is 0.903. The van der Waals surface area contributed by atoms with Crippen molar-refractivity contribution in [2.24, 2.45) is 0 Å². The molecule has 7 nitrogen and oxygen atoms in total. The van der Waals surface area contributed by atoms with Crippen molar-refractivity contribution >= 4 is 0 Å². The first kappa shape index (κ1) is 9.53. The highest BCUT2D eigenvalue weighted by Crippen LogP contribution is 2.01. The average Bonchev–Trinajstić information content (AvgIpc) is 3.19. The quantitative estimate of drug-likeness (QED) is 0.612. The molecule has 0 saturated carbocycles. The second kappa shape index (κ2) is 5.01. The van der Waals surface area contributed by atoms with E-state index < -0.39 is 0 Å². The molecule has 0 spiro atoms. The van der Waals surface area contributed by atoms with Gasteiger partial charge in [-0.25, -0.2) is 29.9 Å². The van der Waals surface area contributed by atoms with Gasteiger partial charge < -0.3 is 5.32 Å². The Hall–Kier alpha value is -2.02. The molecule has 1 aliphatic heterocycles. The van der Waals surface area contributed by atoms with Gasteiger partial charge in [0.15, 0.2) is 0 Å². The third kappa shape index (κ3) is 3.31. The van der Waals surface area contributed by atoms with Crippen LogP contribution in [0.25, 0.3) is 11.6 Å². The molecule has 15 heavy (non-hydrogen) atoms. The molecule has 1 fully saturated rings. The minimum absolute atomic E-state index is 0.451. The minimum atomic E-state index is 0.451. The summed E-state index contributed by atoms with van der Waals surface area (Å²) in [6.45, 7) is 2.50. The lowest BCUT2D eigenvalue weighted by Crippen LogP contribution is -1.94. The van der Waals surface area contributed by atoms with Crippen molar-refractivity contribution in [2.45, 2.75) is 0 Å². The summed E-state index contributed by atoms with van der Waals surface area (Å²) in [6.07, 6.45) is 5.58. The fourth-order valence-corrected chi connectivity index (χ4v) is 0.709. The van der Waals surface area contributed by atoms with E-state index >= 15 is 0 Å². The lowest BCUT2D eigenvalue weighted by molar-refractivity contribution is 0.985. The van der Waals surface area contributed by atoms with E-state index in [4.69, 9.17) is 0 Å². The SMILES string of the molecule is C1CN1.c1ncnc(-c2ncncn2)n1. The second-order valence-corrected chi connectivity index (χ2v) is 2.67. The number of aromatic nitrogens is 6. The van der Waals surface area contributed by atoms with Crippen molar-refractivity contribution in [3.8, 4) is 11.6 Å². The molecule has 76 valence electrons. The zero-order valence-corrected chi connectivity index (χ0v) is 7.91. The Labute approximate surface area is 86.1 Å². The average molecular weight is 203 g/mol. The zero-order valence-electron chi connectivity index (χ0n) is 7.91. The van der Waals surface area contributed by atoms with Crippen LogP contribution in [-0.4, -0.2) is 43.0 Å². The maximum atomic E-state index is 3.87. The molecule has 3 rings (SSSR count). The van der Waals surface area contributed by atoms with Gasteiger partial charge in [-0.1, -0.05) is 0 Å². The van der Waals surface area contributed by atoms with Crippen LogP contribution in [0, 0.1) is 0 Å². The molecule has 0 aliphatic carbocycles. The molecule has 7 heteroatoms. The van der Waals surface area contributed by atoms with E-state index in [2.05, 4.69) is 35.2 Å². The Morgan fingerprint density at radius 1 is 0.733 bits per heavy atom. The van der Waals surface area contributed by atoms with E-state index in [-0.39, 0.29) is 0 Å². The first-order valence-electron chi connectivity index (χ1n) is 4.42. The molecule has 0 amide bonds. The van der Waals surface area contributed by atoms with Crippen LogP contribution in [0.2, 0.25) is 0 Å². The van der Waals surface area contributed by atoms with Crippen molar-refractivity contribution in [1.82, 2.24) is 35.2 Å². The van der Waals surface area contributed by atoms with Gasteiger partial charge in [-0.3, -0.25) is 0 Å². The lowest BCUT2D eigenvalue weighted by Gasteiger charge is -1.92. The van der Waals surface area contributed by atoms with Crippen LogP contribution in [0.5, 0.6) is 0 Å². The lowest BCUT2D eigenvalue weighted by atomic mass is 10.5. The van der Waals surface area contributed by atoms with Crippen molar-refractivity contribution < 1.29 is 0 Å². The van der Waals surface area contributed by atoms with Crippen LogP contribution >= 0.6 is 0 Å². The Morgan fingerprint density at radius 2 is 1.07 bits per heavy atom. The van der Waals surface area contributed by atoms with Crippen molar-refractivity contribution in [3.05, 3.63) is 25.3 Å². The molecule has 0 atom stereocenters. The number of nitrogens with one attached hydrogen (secondary N) is 1. The summed E-state index contributed by atoms with van der Waals surface area (Å²) in [5, 5.41) is 3.00. The van der Waals surface area contributed by atoms with E-state index in [0.29, 0.717) is 11.6 Å². The van der Waals surface area contributed by atoms with Crippen molar-refractivity contribution in [1.29, 1.82) is 0 Å². The predicted octanol–water partition coefficient (Wildman–Crippen LogP) is -0.687. The molecule has 1 aliphatic rings. The van der Waals surface area contributed by atoms with Gasteiger partial charge in [-0.2, -0.15) is 0 Å². The third-order valence-electron chi connectivity index (χ3n) is 1.44. The van der Waals surface area contributed by atoms with E-state index in [0.717, 1.165) is 0 Å². The summed E-state index contributed by atoms with van der Waals surface area (Å²) >= 11 is 0. The van der Waals surface area contributed by atoms with E-state index in [1.807, 2.05) is 0 Å². The van der Waals surface area contributed by atoms with Gasteiger partial charge in [0.25, 0.3) is 0 Å². The van der Waals surface area contributed by atoms with Crippen molar-refractivity contribution in [2.75, 3.05) is 13.1 Å². The largest absolute Gasteiger partial charge is 0.314 e. The minimum Gasteiger partial charge on any atom is -0.314 e. The molecule has 0 unspecified atom stereocenters. The molecule has 1 saturated heterocycles. The predicted molar refractivity (Wildman–Crippen MR) is 51.5 cm³/mol. The smallest absolute Gasteiger partial charge is 0.200 e. The van der Waals surface area contributed by atoms with E-state index in [9.17, 15) is 0 Å². The number of nitrogens with zero attached hydrogens (tertiary/aromatic N) is 6. The molecule has 0 radical (unpaired) electrons. The normalized spacial score (nSPS) is 12.5. The topological polar surface area (TPSA) is 99.3 Å². The molecular formula is C8H9N7. The summed E-state index contributed by atoms with van der Waals surface area (Å²) < 4.78 is 0. The highest BCUT2D eigenvalue weighted by molar-refractivity contribution is 5.39. The first-order chi connectivity index (χ1) is 7.47. The van der Waals surface area contributed by atoms with Crippen LogP contribution in [0.3, 0.4) is 0 Å². The molecule has 2 aromatic rings. The third-order valence-corrected chi connectivity index (χ3v) is 1.44. The van der Waals surface area contributed by atoms with Gasteiger partial charge in [-0.05, 0) is 0 Å². The van der Waals surface area contributed by atoms with Crippen LogP contribution in [0.1, 0.15) is 0 Å². The van der Waals surface area contributed by atoms with Crippen LogP contribution in [0.4, 0.5) is 0 Å². The number of hydrogen-bond acceptors (Lipinski definition) is 7. The van der Waals surface area contributed by atoms with Crippen LogP contribution < -0.4 is 5.32 Å². The van der Waals surface area contributed by atoms with Gasteiger partial charge in [0.2, 0.25) is 11.6 Å². The molecule has 1 N–H and O–H groups in total. The fraction of sp³-hybridized carbons (Fsp3) is 0.250. The Bertz CT molecular complexity index is 348. The van der Waals surface area contributed by atoms with Crippen LogP contribution in [-0.2, 0) is 0 Å². The second-order valence-electron chi connectivity index (χ2n) is 2.67. The van der Waals surface area contributed by atoms with E-state index in [1.54, 1.807) is 0 Å². The van der Waals surface area contributed by atoms with Gasteiger partial charge >= 0.3 is 0 Å². The molecule has 0 bridgehead atoms. The van der Waals surface area contributed by atoms with Gasteiger partial charge in [0.05, 0.1) is 0 Å². The van der Waals surface area contributed by atoms with E-state index in [1.165, 1.54) is 38.4 Å². The standard InChI is InChI=1S/C6H4N6.C2H5N/c1-7-2-10-5(9-1)6-11-3-8-4-12-6;1-2-3-1/h1-4H;3H,1-2H2. The summed E-state index contributed by atoms with van der Waals surface area (Å²) in [7, 11) is 0.